The molecule has 150 valence electrons. The summed E-state index contributed by atoms with van der Waals surface area (Å²) in [5.74, 6) is -0.244. The van der Waals surface area contributed by atoms with E-state index in [0.29, 0.717) is 23.7 Å². The molecule has 5 nitrogen and oxygen atoms in total. The van der Waals surface area contributed by atoms with Gasteiger partial charge in [0.2, 0.25) is 10.0 Å². The van der Waals surface area contributed by atoms with Crippen LogP contribution in [0.2, 0.25) is 0 Å². The topological polar surface area (TPSA) is 66.5 Å². The molecule has 0 spiro atoms. The second kappa shape index (κ2) is 8.49. The molecule has 2 heterocycles. The Morgan fingerprint density at radius 2 is 1.69 bits per heavy atom. The van der Waals surface area contributed by atoms with E-state index >= 15 is 0 Å². The molecule has 7 heteroatoms. The summed E-state index contributed by atoms with van der Waals surface area (Å²) < 4.78 is 27.3. The molecule has 1 fully saturated rings. The first-order valence-corrected chi connectivity index (χ1v) is 11.9. The number of piperidine rings is 1. The van der Waals surface area contributed by atoms with Crippen LogP contribution in [0.1, 0.15) is 28.9 Å². The van der Waals surface area contributed by atoms with Gasteiger partial charge in [-0.1, -0.05) is 42.8 Å². The molecule has 0 bridgehead atoms. The van der Waals surface area contributed by atoms with Gasteiger partial charge in [0, 0.05) is 24.3 Å². The summed E-state index contributed by atoms with van der Waals surface area (Å²) >= 11 is 1.37. The van der Waals surface area contributed by atoms with E-state index in [-0.39, 0.29) is 10.8 Å². The van der Waals surface area contributed by atoms with Crippen molar-refractivity contribution in [3.63, 3.8) is 0 Å². The minimum atomic E-state index is -3.54. The Labute approximate surface area is 175 Å². The fourth-order valence-corrected chi connectivity index (χ4v) is 5.88. The first-order chi connectivity index (χ1) is 14.1. The van der Waals surface area contributed by atoms with E-state index in [1.165, 1.54) is 21.7 Å². The molecule has 0 radical (unpaired) electrons. The van der Waals surface area contributed by atoms with Crippen LogP contribution in [0.4, 0.5) is 5.69 Å². The monoisotopic (exact) mass is 426 g/mol. The summed E-state index contributed by atoms with van der Waals surface area (Å²) in [6.45, 7) is 1.10. The van der Waals surface area contributed by atoms with Crippen molar-refractivity contribution in [3.05, 3.63) is 70.9 Å². The van der Waals surface area contributed by atoms with Crippen molar-refractivity contribution in [1.82, 2.24) is 4.31 Å². The molecular formula is C22H22N2O3S2. The van der Waals surface area contributed by atoms with Crippen molar-refractivity contribution in [2.24, 2.45) is 0 Å². The van der Waals surface area contributed by atoms with Crippen molar-refractivity contribution in [3.8, 4) is 11.1 Å². The predicted molar refractivity (Wildman–Crippen MR) is 117 cm³/mol. The molecule has 0 atom stereocenters. The van der Waals surface area contributed by atoms with Crippen LogP contribution in [-0.4, -0.2) is 31.7 Å². The number of amides is 1. The average Bonchev–Trinajstić information content (AvgIpc) is 3.25. The van der Waals surface area contributed by atoms with Crippen LogP contribution in [0, 0.1) is 0 Å². The number of benzene rings is 2. The number of thiophene rings is 1. The number of hydrogen-bond donors (Lipinski definition) is 1. The van der Waals surface area contributed by atoms with Crippen molar-refractivity contribution in [2.45, 2.75) is 24.2 Å². The van der Waals surface area contributed by atoms with Gasteiger partial charge in [-0.15, -0.1) is 11.3 Å². The largest absolute Gasteiger partial charge is 0.321 e. The Morgan fingerprint density at radius 1 is 0.931 bits per heavy atom. The van der Waals surface area contributed by atoms with Gasteiger partial charge in [0.05, 0.1) is 9.77 Å². The van der Waals surface area contributed by atoms with E-state index in [0.717, 1.165) is 30.4 Å². The molecule has 4 rings (SSSR count). The van der Waals surface area contributed by atoms with Crippen molar-refractivity contribution in [1.29, 1.82) is 0 Å². The van der Waals surface area contributed by atoms with Gasteiger partial charge in [-0.25, -0.2) is 8.42 Å². The fraction of sp³-hybridized carbons (Fsp3) is 0.227. The predicted octanol–water partition coefficient (Wildman–Crippen LogP) is 4.84. The molecule has 29 heavy (non-hydrogen) atoms. The molecule has 1 aromatic heterocycles. The Balaban J connectivity index is 1.56. The lowest BCUT2D eigenvalue weighted by Gasteiger charge is -2.26. The van der Waals surface area contributed by atoms with Gasteiger partial charge in [-0.3, -0.25) is 4.79 Å². The zero-order valence-electron chi connectivity index (χ0n) is 15.9. The number of carbonyl (C=O) groups is 1. The molecule has 1 saturated heterocycles. The number of nitrogens with one attached hydrogen (secondary N) is 1. The van der Waals surface area contributed by atoms with E-state index in [4.69, 9.17) is 0 Å². The number of hydrogen-bond acceptors (Lipinski definition) is 4. The van der Waals surface area contributed by atoms with Crippen LogP contribution in [0.15, 0.2) is 70.9 Å². The standard InChI is InChI=1S/C22H22N2O3S2/c25-22(21-20(12-15-28-21)17-8-3-1-4-9-17)23-18-10-7-11-19(16-18)29(26,27)24-13-5-2-6-14-24/h1,3-4,7-12,15-16H,2,5-6,13-14H2,(H,23,25). The third-order valence-electron chi connectivity index (χ3n) is 5.00. The summed E-state index contributed by atoms with van der Waals surface area (Å²) in [5.41, 5.74) is 2.31. The lowest BCUT2D eigenvalue weighted by molar-refractivity contribution is 0.103. The highest BCUT2D eigenvalue weighted by Gasteiger charge is 2.26. The second-order valence-corrected chi connectivity index (χ2v) is 9.83. The normalized spacial score (nSPS) is 15.2. The van der Waals surface area contributed by atoms with Gasteiger partial charge in [0.1, 0.15) is 0 Å². The minimum absolute atomic E-state index is 0.215. The van der Waals surface area contributed by atoms with Crippen LogP contribution in [0.5, 0.6) is 0 Å². The maximum Gasteiger partial charge on any atom is 0.266 e. The van der Waals surface area contributed by atoms with Gasteiger partial charge >= 0.3 is 0 Å². The first kappa shape index (κ1) is 19.8. The lowest BCUT2D eigenvalue weighted by atomic mass is 10.1. The maximum absolute atomic E-state index is 12.9. The highest BCUT2D eigenvalue weighted by molar-refractivity contribution is 7.89. The minimum Gasteiger partial charge on any atom is -0.321 e. The fourth-order valence-electron chi connectivity index (χ4n) is 3.51. The van der Waals surface area contributed by atoms with E-state index in [9.17, 15) is 13.2 Å². The van der Waals surface area contributed by atoms with Gasteiger partial charge in [-0.05, 0) is 48.1 Å². The highest BCUT2D eigenvalue weighted by Crippen LogP contribution is 2.29. The summed E-state index contributed by atoms with van der Waals surface area (Å²) in [6.07, 6.45) is 2.83. The van der Waals surface area contributed by atoms with E-state index in [1.807, 2.05) is 41.8 Å². The summed E-state index contributed by atoms with van der Waals surface area (Å²) in [6, 6.07) is 18.2. The zero-order chi connectivity index (χ0) is 20.3. The summed E-state index contributed by atoms with van der Waals surface area (Å²) in [7, 11) is -3.54. The zero-order valence-corrected chi connectivity index (χ0v) is 17.5. The van der Waals surface area contributed by atoms with Gasteiger partial charge < -0.3 is 5.32 Å². The molecule has 2 aromatic carbocycles. The molecule has 1 aliphatic heterocycles. The van der Waals surface area contributed by atoms with Crippen LogP contribution in [-0.2, 0) is 10.0 Å². The Hall–Kier alpha value is -2.48. The quantitative estimate of drug-likeness (QED) is 0.635. The van der Waals surface area contributed by atoms with Crippen molar-refractivity contribution < 1.29 is 13.2 Å². The maximum atomic E-state index is 12.9. The Bertz CT molecular complexity index is 1100. The number of nitrogens with zero attached hydrogens (tertiary/aromatic N) is 1. The summed E-state index contributed by atoms with van der Waals surface area (Å²) in [5, 5.41) is 4.74. The number of sulfonamides is 1. The van der Waals surface area contributed by atoms with Crippen molar-refractivity contribution >= 4 is 33.0 Å². The van der Waals surface area contributed by atoms with E-state index in [1.54, 1.807) is 18.2 Å². The molecule has 0 unspecified atom stereocenters. The van der Waals surface area contributed by atoms with Crippen LogP contribution < -0.4 is 5.32 Å². The third kappa shape index (κ3) is 4.27. The van der Waals surface area contributed by atoms with Crippen LogP contribution >= 0.6 is 11.3 Å². The first-order valence-electron chi connectivity index (χ1n) is 9.60. The number of anilines is 1. The van der Waals surface area contributed by atoms with Crippen LogP contribution in [0.25, 0.3) is 11.1 Å². The lowest BCUT2D eigenvalue weighted by Crippen LogP contribution is -2.35. The SMILES string of the molecule is O=C(Nc1cccc(S(=O)(=O)N2CCCCC2)c1)c1sccc1-c1ccccc1. The highest BCUT2D eigenvalue weighted by atomic mass is 32.2. The summed E-state index contributed by atoms with van der Waals surface area (Å²) in [4.78, 5) is 13.7. The second-order valence-electron chi connectivity index (χ2n) is 6.98. The smallest absolute Gasteiger partial charge is 0.266 e. The molecule has 1 amide bonds. The average molecular weight is 427 g/mol. The third-order valence-corrected chi connectivity index (χ3v) is 7.81. The molecule has 1 N–H and O–H groups in total. The number of carbonyl (C=O) groups excluding carboxylic acids is 1. The Morgan fingerprint density at radius 3 is 2.45 bits per heavy atom. The van der Waals surface area contributed by atoms with E-state index in [2.05, 4.69) is 5.32 Å². The molecule has 1 aliphatic rings. The van der Waals surface area contributed by atoms with Gasteiger partial charge in [-0.2, -0.15) is 4.31 Å². The molecular weight excluding hydrogens is 404 g/mol. The molecule has 3 aromatic rings. The Kier molecular flexibility index (Phi) is 5.80. The molecule has 0 aliphatic carbocycles. The van der Waals surface area contributed by atoms with Crippen LogP contribution in [0.3, 0.4) is 0 Å². The van der Waals surface area contributed by atoms with Crippen molar-refractivity contribution in [2.75, 3.05) is 18.4 Å². The van der Waals surface area contributed by atoms with Gasteiger partial charge in [0.15, 0.2) is 0 Å². The van der Waals surface area contributed by atoms with Gasteiger partial charge in [0.25, 0.3) is 5.91 Å². The number of rotatable bonds is 5. The van der Waals surface area contributed by atoms with E-state index < -0.39 is 10.0 Å². The molecule has 0 saturated carbocycles.